The second kappa shape index (κ2) is 6.57. The molecule has 0 bridgehead atoms. The number of carbonyl (C=O) groups is 1. The number of rotatable bonds is 6. The van der Waals surface area contributed by atoms with Gasteiger partial charge in [0, 0.05) is 17.5 Å². The Labute approximate surface area is 135 Å². The first-order valence-corrected chi connectivity index (χ1v) is 7.77. The Balaban J connectivity index is 2.01. The van der Waals surface area contributed by atoms with Gasteiger partial charge >= 0.3 is 0 Å². The molecule has 0 amide bonds. The Hall–Kier alpha value is -2.75. The van der Waals surface area contributed by atoms with Crippen molar-refractivity contribution < 1.29 is 13.9 Å². The van der Waals surface area contributed by atoms with Gasteiger partial charge in [-0.05, 0) is 50.2 Å². The number of carbonyl (C=O) groups excluding carboxylic acids is 1. The molecule has 0 saturated carbocycles. The van der Waals surface area contributed by atoms with Crippen LogP contribution in [0.15, 0.2) is 52.9 Å². The number of hydrogen-bond acceptors (Lipinski definition) is 4. The molecule has 0 unspecified atom stereocenters. The van der Waals surface area contributed by atoms with Gasteiger partial charge in [-0.2, -0.15) is 0 Å². The van der Waals surface area contributed by atoms with Gasteiger partial charge in [0.05, 0.1) is 12.3 Å². The van der Waals surface area contributed by atoms with Gasteiger partial charge in [-0.1, -0.05) is 12.1 Å². The molecule has 2 aromatic carbocycles. The fourth-order valence-electron chi connectivity index (χ4n) is 2.56. The third-order valence-electron chi connectivity index (χ3n) is 3.58. The molecule has 1 N–H and O–H groups in total. The van der Waals surface area contributed by atoms with Crippen LogP contribution in [0.5, 0.6) is 5.75 Å². The molecule has 0 fully saturated rings. The van der Waals surface area contributed by atoms with Crippen LogP contribution in [0.1, 0.15) is 30.0 Å². The molecule has 4 heteroatoms. The molecule has 0 aliphatic heterocycles. The van der Waals surface area contributed by atoms with E-state index in [1.807, 2.05) is 38.1 Å². The summed E-state index contributed by atoms with van der Waals surface area (Å²) in [6.07, 6.45) is 0. The van der Waals surface area contributed by atoms with Crippen molar-refractivity contribution in [1.82, 2.24) is 0 Å². The number of anilines is 1. The van der Waals surface area contributed by atoms with E-state index in [4.69, 9.17) is 9.15 Å². The largest absolute Gasteiger partial charge is 0.494 e. The zero-order valence-electron chi connectivity index (χ0n) is 13.3. The molecular formula is C19H19NO3. The second-order valence-corrected chi connectivity index (χ2v) is 5.12. The minimum absolute atomic E-state index is 0.139. The van der Waals surface area contributed by atoms with E-state index in [9.17, 15) is 4.79 Å². The van der Waals surface area contributed by atoms with E-state index < -0.39 is 0 Å². The number of ketones is 1. The third kappa shape index (κ3) is 2.93. The van der Waals surface area contributed by atoms with Gasteiger partial charge in [0.2, 0.25) is 5.78 Å². The summed E-state index contributed by atoms with van der Waals surface area (Å²) >= 11 is 0. The number of hydrogen-bond donors (Lipinski definition) is 1. The fraction of sp³-hybridized carbons (Fsp3) is 0.211. The molecule has 1 aromatic heterocycles. The maximum atomic E-state index is 12.8. The molecule has 4 nitrogen and oxygen atoms in total. The summed E-state index contributed by atoms with van der Waals surface area (Å²) in [5.74, 6) is 0.956. The van der Waals surface area contributed by atoms with Crippen LogP contribution in [0.2, 0.25) is 0 Å². The number of para-hydroxylation sites is 1. The zero-order chi connectivity index (χ0) is 16.2. The van der Waals surface area contributed by atoms with Crippen LogP contribution in [-0.2, 0) is 0 Å². The topological polar surface area (TPSA) is 51.5 Å². The first-order valence-electron chi connectivity index (χ1n) is 7.77. The number of ether oxygens (including phenoxy) is 1. The number of nitrogens with one attached hydrogen (secondary N) is 1. The predicted octanol–water partition coefficient (Wildman–Crippen LogP) is 4.49. The Morgan fingerprint density at radius 1 is 1.09 bits per heavy atom. The fourth-order valence-corrected chi connectivity index (χ4v) is 2.56. The molecule has 23 heavy (non-hydrogen) atoms. The van der Waals surface area contributed by atoms with E-state index in [0.29, 0.717) is 30.1 Å². The molecule has 0 spiro atoms. The summed E-state index contributed by atoms with van der Waals surface area (Å²) < 4.78 is 11.2. The van der Waals surface area contributed by atoms with Crippen molar-refractivity contribution in [3.05, 3.63) is 59.9 Å². The zero-order valence-corrected chi connectivity index (χ0v) is 13.3. The quantitative estimate of drug-likeness (QED) is 0.681. The maximum Gasteiger partial charge on any atom is 0.230 e. The molecule has 0 radical (unpaired) electrons. The van der Waals surface area contributed by atoms with E-state index in [-0.39, 0.29) is 5.78 Å². The van der Waals surface area contributed by atoms with Gasteiger partial charge in [0.25, 0.3) is 0 Å². The van der Waals surface area contributed by atoms with Gasteiger partial charge in [0.1, 0.15) is 11.3 Å². The minimum atomic E-state index is -0.139. The molecule has 3 rings (SSSR count). The summed E-state index contributed by atoms with van der Waals surface area (Å²) in [6, 6.07) is 14.8. The van der Waals surface area contributed by atoms with Crippen LogP contribution in [0, 0.1) is 0 Å². The van der Waals surface area contributed by atoms with Crippen molar-refractivity contribution in [3.8, 4) is 5.75 Å². The second-order valence-electron chi connectivity index (χ2n) is 5.12. The number of benzene rings is 2. The predicted molar refractivity (Wildman–Crippen MR) is 91.4 cm³/mol. The Kier molecular flexibility index (Phi) is 4.33. The molecule has 0 aliphatic rings. The summed E-state index contributed by atoms with van der Waals surface area (Å²) in [6.45, 7) is 5.23. The Morgan fingerprint density at radius 2 is 1.83 bits per heavy atom. The standard InChI is InChI=1S/C19H19NO3/c1-3-20-17-15-7-5-6-8-16(15)23-19(17)18(21)13-9-11-14(12-10-13)22-4-2/h5-12,20H,3-4H2,1-2H3. The highest BCUT2D eigenvalue weighted by molar-refractivity contribution is 6.14. The smallest absolute Gasteiger partial charge is 0.230 e. The Morgan fingerprint density at radius 3 is 2.52 bits per heavy atom. The molecule has 0 saturated heterocycles. The monoisotopic (exact) mass is 309 g/mol. The molecule has 1 heterocycles. The van der Waals surface area contributed by atoms with Crippen LogP contribution in [0.25, 0.3) is 11.0 Å². The highest BCUT2D eigenvalue weighted by Crippen LogP contribution is 2.32. The van der Waals surface area contributed by atoms with Gasteiger partial charge < -0.3 is 14.5 Å². The summed E-state index contributed by atoms with van der Waals surface area (Å²) in [7, 11) is 0. The van der Waals surface area contributed by atoms with Gasteiger partial charge in [0.15, 0.2) is 5.76 Å². The normalized spacial score (nSPS) is 10.7. The summed E-state index contributed by atoms with van der Waals surface area (Å²) in [5.41, 5.74) is 2.03. The van der Waals surface area contributed by atoms with Crippen molar-refractivity contribution in [2.24, 2.45) is 0 Å². The maximum absolute atomic E-state index is 12.8. The molecule has 3 aromatic rings. The van der Waals surface area contributed by atoms with Gasteiger partial charge in [-0.25, -0.2) is 0 Å². The van der Waals surface area contributed by atoms with Crippen molar-refractivity contribution in [3.63, 3.8) is 0 Å². The summed E-state index contributed by atoms with van der Waals surface area (Å²) in [4.78, 5) is 12.8. The third-order valence-corrected chi connectivity index (χ3v) is 3.58. The molecular weight excluding hydrogens is 290 g/mol. The van der Waals surface area contributed by atoms with E-state index >= 15 is 0 Å². The average molecular weight is 309 g/mol. The Bertz CT molecular complexity index is 818. The lowest BCUT2D eigenvalue weighted by Gasteiger charge is -2.06. The lowest BCUT2D eigenvalue weighted by atomic mass is 10.1. The number of furan rings is 1. The van der Waals surface area contributed by atoms with Crippen molar-refractivity contribution in [2.45, 2.75) is 13.8 Å². The van der Waals surface area contributed by atoms with Gasteiger partial charge in [-0.3, -0.25) is 4.79 Å². The SMILES string of the molecule is CCNc1c(C(=O)c2ccc(OCC)cc2)oc2ccccc12. The van der Waals surface area contributed by atoms with Crippen LogP contribution >= 0.6 is 0 Å². The average Bonchev–Trinajstić information content (AvgIpc) is 2.94. The van der Waals surface area contributed by atoms with Crippen molar-refractivity contribution in [1.29, 1.82) is 0 Å². The van der Waals surface area contributed by atoms with Crippen molar-refractivity contribution in [2.75, 3.05) is 18.5 Å². The first kappa shape index (κ1) is 15.2. The van der Waals surface area contributed by atoms with Crippen molar-refractivity contribution >= 4 is 22.4 Å². The first-order chi connectivity index (χ1) is 11.2. The lowest BCUT2D eigenvalue weighted by molar-refractivity contribution is 0.101. The highest BCUT2D eigenvalue weighted by atomic mass is 16.5. The van der Waals surface area contributed by atoms with Crippen LogP contribution in [0.3, 0.4) is 0 Å². The van der Waals surface area contributed by atoms with Gasteiger partial charge in [-0.15, -0.1) is 0 Å². The molecule has 0 aliphatic carbocycles. The van der Waals surface area contributed by atoms with Crippen LogP contribution < -0.4 is 10.1 Å². The molecule has 118 valence electrons. The summed E-state index contributed by atoms with van der Waals surface area (Å²) in [5, 5.41) is 4.16. The minimum Gasteiger partial charge on any atom is -0.494 e. The molecule has 0 atom stereocenters. The van der Waals surface area contributed by atoms with E-state index in [0.717, 1.165) is 16.8 Å². The lowest BCUT2D eigenvalue weighted by Crippen LogP contribution is -2.05. The van der Waals surface area contributed by atoms with Crippen LogP contribution in [0.4, 0.5) is 5.69 Å². The van der Waals surface area contributed by atoms with E-state index in [1.54, 1.807) is 24.3 Å². The highest BCUT2D eigenvalue weighted by Gasteiger charge is 2.21. The van der Waals surface area contributed by atoms with Crippen LogP contribution in [-0.4, -0.2) is 18.9 Å². The van der Waals surface area contributed by atoms with E-state index in [2.05, 4.69) is 5.32 Å². The van der Waals surface area contributed by atoms with E-state index in [1.165, 1.54) is 0 Å². The number of fused-ring (bicyclic) bond motifs is 1.